The van der Waals surface area contributed by atoms with Gasteiger partial charge in [0, 0.05) is 32.2 Å². The van der Waals surface area contributed by atoms with Crippen LogP contribution in [-0.2, 0) is 9.53 Å². The molecule has 6 unspecified atom stereocenters. The maximum atomic E-state index is 12.4. The first-order chi connectivity index (χ1) is 10.5. The summed E-state index contributed by atoms with van der Waals surface area (Å²) in [6, 6.07) is 0.0969. The van der Waals surface area contributed by atoms with Crippen molar-refractivity contribution in [1.82, 2.24) is 10.2 Å². The summed E-state index contributed by atoms with van der Waals surface area (Å²) >= 11 is 0. The standard InChI is InChI=1S/C17H31N3O2/c1-11-9-20(10-12(2)22-11)7-3-6-19-17(21)15-13-4-5-14(8-13)16(15)18/h11-16H,3-10,18H2,1-2H3,(H,19,21). The molecule has 3 N–H and O–H groups in total. The van der Waals surface area contributed by atoms with Crippen LogP contribution < -0.4 is 11.1 Å². The van der Waals surface area contributed by atoms with Crippen LogP contribution in [0.3, 0.4) is 0 Å². The number of fused-ring (bicyclic) bond motifs is 2. The minimum Gasteiger partial charge on any atom is -0.373 e. The van der Waals surface area contributed by atoms with Crippen molar-refractivity contribution in [3.05, 3.63) is 0 Å². The minimum absolute atomic E-state index is 0.0715. The third-order valence-corrected chi connectivity index (χ3v) is 5.73. The normalized spacial score (nSPS) is 41.8. The second-order valence-corrected chi connectivity index (χ2v) is 7.60. The number of hydrogen-bond acceptors (Lipinski definition) is 4. The first-order valence-electron chi connectivity index (χ1n) is 8.95. The van der Waals surface area contributed by atoms with Crippen molar-refractivity contribution in [3.63, 3.8) is 0 Å². The van der Waals surface area contributed by atoms with Gasteiger partial charge in [-0.3, -0.25) is 9.69 Å². The average molecular weight is 309 g/mol. The summed E-state index contributed by atoms with van der Waals surface area (Å²) in [6.07, 6.45) is 5.21. The van der Waals surface area contributed by atoms with Gasteiger partial charge in [-0.15, -0.1) is 0 Å². The van der Waals surface area contributed by atoms with Crippen molar-refractivity contribution in [2.24, 2.45) is 23.5 Å². The summed E-state index contributed by atoms with van der Waals surface area (Å²) < 4.78 is 5.74. The van der Waals surface area contributed by atoms with Gasteiger partial charge in [0.1, 0.15) is 0 Å². The number of morpholine rings is 1. The highest BCUT2D eigenvalue weighted by Crippen LogP contribution is 2.47. The van der Waals surface area contributed by atoms with Crippen LogP contribution >= 0.6 is 0 Å². The molecule has 0 spiro atoms. The number of hydrogen-bond donors (Lipinski definition) is 2. The van der Waals surface area contributed by atoms with Gasteiger partial charge in [-0.05, 0) is 51.4 Å². The van der Waals surface area contributed by atoms with E-state index in [4.69, 9.17) is 10.5 Å². The van der Waals surface area contributed by atoms with Gasteiger partial charge in [0.2, 0.25) is 5.91 Å². The molecule has 3 aliphatic rings. The molecular formula is C17H31N3O2. The molecule has 5 heteroatoms. The molecule has 3 fully saturated rings. The Labute approximate surface area is 133 Å². The van der Waals surface area contributed by atoms with Crippen LogP contribution in [0.25, 0.3) is 0 Å². The zero-order chi connectivity index (χ0) is 15.7. The van der Waals surface area contributed by atoms with Crippen LogP contribution in [-0.4, -0.2) is 55.2 Å². The lowest BCUT2D eigenvalue weighted by atomic mass is 9.84. The number of nitrogens with two attached hydrogens (primary N) is 1. The Morgan fingerprint density at radius 1 is 1.23 bits per heavy atom. The third kappa shape index (κ3) is 3.47. The number of nitrogens with one attached hydrogen (secondary N) is 1. The summed E-state index contributed by atoms with van der Waals surface area (Å²) in [5.74, 6) is 1.41. The highest BCUT2D eigenvalue weighted by Gasteiger charge is 2.48. The molecule has 3 rings (SSSR count). The second-order valence-electron chi connectivity index (χ2n) is 7.60. The predicted molar refractivity (Wildman–Crippen MR) is 86.4 cm³/mol. The molecule has 1 heterocycles. The van der Waals surface area contributed by atoms with Crippen molar-refractivity contribution in [2.45, 2.75) is 57.8 Å². The van der Waals surface area contributed by atoms with Gasteiger partial charge in [0.15, 0.2) is 0 Å². The summed E-state index contributed by atoms with van der Waals surface area (Å²) in [5.41, 5.74) is 6.23. The van der Waals surface area contributed by atoms with Gasteiger partial charge in [-0.25, -0.2) is 0 Å². The summed E-state index contributed by atoms with van der Waals surface area (Å²) in [6.45, 7) is 8.04. The fourth-order valence-electron chi connectivity index (χ4n) is 4.82. The van der Waals surface area contributed by atoms with Crippen LogP contribution in [0.1, 0.15) is 39.5 Å². The Bertz CT molecular complexity index is 391. The molecule has 2 bridgehead atoms. The zero-order valence-electron chi connectivity index (χ0n) is 14.0. The number of rotatable bonds is 5. The van der Waals surface area contributed by atoms with Gasteiger partial charge in [0.05, 0.1) is 18.1 Å². The molecule has 0 aromatic carbocycles. The highest BCUT2D eigenvalue weighted by atomic mass is 16.5. The first kappa shape index (κ1) is 16.2. The van der Waals surface area contributed by atoms with Crippen LogP contribution in [0.4, 0.5) is 0 Å². The lowest BCUT2D eigenvalue weighted by Crippen LogP contribution is -2.47. The van der Waals surface area contributed by atoms with E-state index >= 15 is 0 Å². The number of carbonyl (C=O) groups is 1. The van der Waals surface area contributed by atoms with Crippen molar-refractivity contribution in [1.29, 1.82) is 0 Å². The number of ether oxygens (including phenoxy) is 1. The molecule has 22 heavy (non-hydrogen) atoms. The van der Waals surface area contributed by atoms with Crippen molar-refractivity contribution in [2.75, 3.05) is 26.2 Å². The molecule has 0 radical (unpaired) electrons. The Balaban J connectivity index is 1.36. The van der Waals surface area contributed by atoms with Crippen LogP contribution in [0.5, 0.6) is 0 Å². The third-order valence-electron chi connectivity index (χ3n) is 5.73. The van der Waals surface area contributed by atoms with Crippen LogP contribution in [0, 0.1) is 17.8 Å². The Morgan fingerprint density at radius 3 is 2.55 bits per heavy atom. The van der Waals surface area contributed by atoms with E-state index in [1.807, 2.05) is 0 Å². The van der Waals surface area contributed by atoms with E-state index < -0.39 is 0 Å². The SMILES string of the molecule is CC1CN(CCCNC(=O)C2C3CCC(C3)C2N)CC(C)O1. The number of carbonyl (C=O) groups excluding carboxylic acids is 1. The lowest BCUT2D eigenvalue weighted by molar-refractivity contribution is -0.127. The monoisotopic (exact) mass is 309 g/mol. The van der Waals surface area contributed by atoms with Crippen molar-refractivity contribution < 1.29 is 9.53 Å². The number of amides is 1. The molecule has 1 aliphatic heterocycles. The molecule has 126 valence electrons. The molecule has 2 aliphatic carbocycles. The average Bonchev–Trinajstić information content (AvgIpc) is 3.03. The topological polar surface area (TPSA) is 67.6 Å². The van der Waals surface area contributed by atoms with Crippen LogP contribution in [0.15, 0.2) is 0 Å². The fraction of sp³-hybridized carbons (Fsp3) is 0.941. The van der Waals surface area contributed by atoms with Gasteiger partial charge in [0.25, 0.3) is 0 Å². The quantitative estimate of drug-likeness (QED) is 0.743. The van der Waals surface area contributed by atoms with E-state index in [0.717, 1.165) is 32.6 Å². The molecule has 0 aromatic rings. The molecule has 1 saturated heterocycles. The zero-order valence-corrected chi connectivity index (χ0v) is 14.0. The molecule has 5 nitrogen and oxygen atoms in total. The van der Waals surface area contributed by atoms with Crippen molar-refractivity contribution >= 4 is 5.91 Å². The van der Waals surface area contributed by atoms with E-state index in [2.05, 4.69) is 24.1 Å². The maximum absolute atomic E-state index is 12.4. The largest absolute Gasteiger partial charge is 0.373 e. The van der Waals surface area contributed by atoms with E-state index in [9.17, 15) is 4.79 Å². The maximum Gasteiger partial charge on any atom is 0.224 e. The highest BCUT2D eigenvalue weighted by molar-refractivity contribution is 5.80. The van der Waals surface area contributed by atoms with E-state index in [1.54, 1.807) is 0 Å². The molecule has 0 aromatic heterocycles. The number of nitrogens with zero attached hydrogens (tertiary/aromatic N) is 1. The Kier molecular flexibility index (Phi) is 5.05. The predicted octanol–water partition coefficient (Wildman–Crippen LogP) is 0.975. The van der Waals surface area contributed by atoms with Gasteiger partial charge in [-0.2, -0.15) is 0 Å². The molecular weight excluding hydrogens is 278 g/mol. The van der Waals surface area contributed by atoms with E-state index in [-0.39, 0.29) is 17.9 Å². The minimum atomic E-state index is 0.0715. The molecule has 1 amide bonds. The van der Waals surface area contributed by atoms with Gasteiger partial charge in [-0.1, -0.05) is 0 Å². The van der Waals surface area contributed by atoms with E-state index in [0.29, 0.717) is 24.0 Å². The van der Waals surface area contributed by atoms with Gasteiger partial charge < -0.3 is 15.8 Å². The summed E-state index contributed by atoms with van der Waals surface area (Å²) in [4.78, 5) is 14.8. The van der Waals surface area contributed by atoms with Crippen molar-refractivity contribution in [3.8, 4) is 0 Å². The summed E-state index contributed by atoms with van der Waals surface area (Å²) in [7, 11) is 0. The smallest absolute Gasteiger partial charge is 0.224 e. The van der Waals surface area contributed by atoms with E-state index in [1.165, 1.54) is 19.3 Å². The van der Waals surface area contributed by atoms with Crippen LogP contribution in [0.2, 0.25) is 0 Å². The summed E-state index contributed by atoms with van der Waals surface area (Å²) in [5, 5.41) is 3.13. The molecule has 2 saturated carbocycles. The molecule has 6 atom stereocenters. The Hall–Kier alpha value is -0.650. The lowest BCUT2D eigenvalue weighted by Gasteiger charge is -2.35. The first-order valence-corrected chi connectivity index (χ1v) is 8.95. The van der Waals surface area contributed by atoms with Gasteiger partial charge >= 0.3 is 0 Å². The second kappa shape index (κ2) is 6.85. The fourth-order valence-corrected chi connectivity index (χ4v) is 4.82. The Morgan fingerprint density at radius 2 is 1.91 bits per heavy atom.